The van der Waals surface area contributed by atoms with E-state index in [1.54, 1.807) is 114 Å². The number of hydrogen-bond acceptors (Lipinski definition) is 7. The van der Waals surface area contributed by atoms with Crippen LogP contribution in [0, 0.1) is 50.8 Å². The molecular formula is C109H92ClF7N8O7. The van der Waals surface area contributed by atoms with Gasteiger partial charge in [-0.1, -0.05) is 189 Å². The van der Waals surface area contributed by atoms with E-state index in [9.17, 15) is 65.4 Å². The van der Waals surface area contributed by atoms with Gasteiger partial charge in [0.1, 0.15) is 53.1 Å². The summed E-state index contributed by atoms with van der Waals surface area (Å²) >= 11 is 5.16. The average Bonchev–Trinajstić information content (AvgIpc) is 1.67. The van der Waals surface area contributed by atoms with E-state index in [-0.39, 0.29) is 64.9 Å². The first-order valence-electron chi connectivity index (χ1n) is 41.9. The third-order valence-electron chi connectivity index (χ3n) is 22.6. The highest BCUT2D eigenvalue weighted by molar-refractivity contribution is 6.67. The monoisotopic (exact) mass is 1790 g/mol. The van der Waals surface area contributed by atoms with Gasteiger partial charge in [-0.3, -0.25) is 19.7 Å². The van der Waals surface area contributed by atoms with Crippen LogP contribution < -0.4 is 0 Å². The summed E-state index contributed by atoms with van der Waals surface area (Å²) in [4.78, 5) is 47.7. The van der Waals surface area contributed by atoms with Crippen LogP contribution in [0.15, 0.2) is 371 Å². The molecule has 0 aliphatic carbocycles. The van der Waals surface area contributed by atoms with Crippen LogP contribution in [0.3, 0.4) is 0 Å². The summed E-state index contributed by atoms with van der Waals surface area (Å²) < 4.78 is 103. The predicted octanol–water partition coefficient (Wildman–Crippen LogP) is 24.8. The smallest absolute Gasteiger partial charge is 0.252 e. The normalized spacial score (nSPS) is 11.8. The first-order chi connectivity index (χ1) is 63.6. The average molecular weight is 1790 g/mol. The molecule has 7 aromatic heterocycles. The maximum Gasteiger partial charge on any atom is 0.252 e. The summed E-state index contributed by atoms with van der Waals surface area (Å²) in [5, 5.41) is 37.3. The fraction of sp³-hybridized carbons (Fsp3) is 0.110. The van der Waals surface area contributed by atoms with E-state index < -0.39 is 28.7 Å². The molecule has 0 saturated heterocycles. The summed E-state index contributed by atoms with van der Waals surface area (Å²) in [5.41, 5.74) is 16.0. The lowest BCUT2D eigenvalue weighted by Gasteiger charge is -2.20. The van der Waals surface area contributed by atoms with Crippen molar-refractivity contribution >= 4 is 111 Å². The van der Waals surface area contributed by atoms with Gasteiger partial charge in [0.15, 0.2) is 5.78 Å². The Morgan fingerprint density at radius 2 is 0.773 bits per heavy atom. The van der Waals surface area contributed by atoms with E-state index in [0.717, 1.165) is 127 Å². The SMILES string of the molecule is C=C(c1ccccc1)c1cn(C)c2cc(F)ccc12.Cn1cc(C(=O)c2ccccc2)c2ccc(F)cc21.Cn1cc(C(C=O)c2ccccc2)c2ccc(F)cc21.Cn1cc(C(CO)c2ccccc2)c2ccc(F)cc21.Cn1cc(C(c2ccccc2)C(O)C[N+](=O)[O-])c2ccc(F)cc21.Cn1ccc2ccc(F)cc21.Fc1ccc2cc[nH]c2c1.O=C(Cl)c1ccccc1. The minimum atomic E-state index is -1.18. The van der Waals surface area contributed by atoms with Crippen LogP contribution in [-0.2, 0) is 47.1 Å². The molecule has 0 aliphatic heterocycles. The zero-order valence-corrected chi connectivity index (χ0v) is 73.5. The quantitative estimate of drug-likeness (QED) is 0.0215. The molecule has 13 aromatic carbocycles. The molecule has 666 valence electrons. The minimum absolute atomic E-state index is 0.0283. The molecular weight excluding hydrogens is 1700 g/mol. The lowest BCUT2D eigenvalue weighted by molar-refractivity contribution is -0.490. The van der Waals surface area contributed by atoms with Crippen molar-refractivity contribution in [2.75, 3.05) is 13.2 Å². The van der Waals surface area contributed by atoms with E-state index in [2.05, 4.69) is 11.6 Å². The number of aromatic amines is 1. The van der Waals surface area contributed by atoms with Gasteiger partial charge in [0.05, 0.1) is 45.6 Å². The van der Waals surface area contributed by atoms with Gasteiger partial charge in [0, 0.05) is 157 Å². The molecule has 4 atom stereocenters. The van der Waals surface area contributed by atoms with Crippen LogP contribution in [0.1, 0.15) is 88.5 Å². The Bertz CT molecular complexity index is 7270. The first-order valence-corrected chi connectivity index (χ1v) is 42.3. The zero-order valence-electron chi connectivity index (χ0n) is 72.7. The number of aryl methyl sites for hydroxylation is 6. The number of ketones is 1. The number of nitrogens with one attached hydrogen (secondary N) is 1. The number of carbonyl (C=O) groups is 3. The Balaban J connectivity index is 0.000000130. The van der Waals surface area contributed by atoms with Crippen LogP contribution >= 0.6 is 11.6 Å². The van der Waals surface area contributed by atoms with Gasteiger partial charge in [-0.2, -0.15) is 0 Å². The van der Waals surface area contributed by atoms with Crippen LogP contribution in [0.5, 0.6) is 0 Å². The standard InChI is InChI=1S/C18H17FN2O3.C17H16FNO.C17H14FNO.C17H14FN.C16H12FNO.C9H8FN.C8H6FN.C7H5ClO/c1-20-10-15(14-8-7-13(19)9-16(14)20)18(17(22)11-21(23)24)12-5-3-2-4-6-12;2*1-19-10-15(14-8-7-13(18)9-17(14)19)16(11-20)12-5-3-2-4-6-12;1-12(13-6-4-3-5-7-13)16-11-19(2)17-10-14(18)8-9-15(16)17;1-18-10-14(13-8-7-12(17)9-15(13)18)16(19)11-5-3-2-4-6-11;1-11-5-4-7-2-3-8(10)6-9(7)11;9-7-2-1-6-3-4-10-8(6)5-7;8-7(9)6-4-2-1-3-5-6/h2-10,17-18,22H,11H2,1H3;2-10,16,20H,11H2,1H3;2-11,16H,1H3;3-11H,1H2,2H3;2-10H,1H3;2-6H,1H3;1-5,10H;1-5H. The molecule has 0 bridgehead atoms. The van der Waals surface area contributed by atoms with E-state index in [0.29, 0.717) is 22.2 Å². The van der Waals surface area contributed by atoms with Gasteiger partial charge in [-0.15, -0.1) is 0 Å². The molecule has 20 aromatic rings. The Hall–Kier alpha value is -15.5. The molecule has 0 aliphatic rings. The Labute approximate surface area is 761 Å². The number of aliphatic hydroxyl groups excluding tert-OH is 2. The van der Waals surface area contributed by atoms with Crippen molar-refractivity contribution in [1.29, 1.82) is 0 Å². The number of carbonyl (C=O) groups excluding carboxylic acids is 3. The van der Waals surface area contributed by atoms with Gasteiger partial charge in [-0.25, -0.2) is 30.7 Å². The molecule has 0 spiro atoms. The molecule has 4 unspecified atom stereocenters. The van der Waals surface area contributed by atoms with E-state index in [1.165, 1.54) is 78.9 Å². The lowest BCUT2D eigenvalue weighted by atomic mass is 9.86. The van der Waals surface area contributed by atoms with E-state index >= 15 is 0 Å². The number of rotatable bonds is 16. The summed E-state index contributed by atoms with van der Waals surface area (Å²) in [6.07, 6.45) is 12.9. The van der Waals surface area contributed by atoms with Gasteiger partial charge in [0.25, 0.3) is 5.24 Å². The number of fused-ring (bicyclic) bond motifs is 7. The number of aldehydes is 1. The van der Waals surface area contributed by atoms with Crippen molar-refractivity contribution in [2.24, 2.45) is 42.3 Å². The molecule has 15 nitrogen and oxygen atoms in total. The van der Waals surface area contributed by atoms with Crippen molar-refractivity contribution in [3.8, 4) is 0 Å². The molecule has 0 amide bonds. The van der Waals surface area contributed by atoms with Crippen LogP contribution in [-0.4, -0.2) is 84.1 Å². The summed E-state index contributed by atoms with van der Waals surface area (Å²) in [7, 11) is 11.2. The Kier molecular flexibility index (Phi) is 31.0. The van der Waals surface area contributed by atoms with Gasteiger partial charge >= 0.3 is 0 Å². The fourth-order valence-corrected chi connectivity index (χ4v) is 16.2. The fourth-order valence-electron chi connectivity index (χ4n) is 16.0. The van der Waals surface area contributed by atoms with Crippen molar-refractivity contribution in [2.45, 2.75) is 23.9 Å². The number of nitro groups is 1. The third-order valence-corrected chi connectivity index (χ3v) is 22.8. The highest BCUT2D eigenvalue weighted by atomic mass is 35.5. The number of benzene rings is 13. The van der Waals surface area contributed by atoms with Crippen molar-refractivity contribution in [1.82, 2.24) is 32.4 Å². The Morgan fingerprint density at radius 1 is 0.409 bits per heavy atom. The van der Waals surface area contributed by atoms with Gasteiger partial charge in [0.2, 0.25) is 6.54 Å². The summed E-state index contributed by atoms with van der Waals surface area (Å²) in [6.45, 7) is 3.64. The first kappa shape index (κ1) is 94.1. The number of aromatic nitrogens is 7. The number of H-pyrrole nitrogens is 1. The lowest BCUT2D eigenvalue weighted by Crippen LogP contribution is -2.27. The van der Waals surface area contributed by atoms with Crippen molar-refractivity contribution in [3.63, 3.8) is 0 Å². The summed E-state index contributed by atoms with van der Waals surface area (Å²) in [6, 6.07) is 93.1. The molecule has 23 heteroatoms. The zero-order chi connectivity index (χ0) is 93.8. The molecule has 0 fully saturated rings. The molecule has 132 heavy (non-hydrogen) atoms. The van der Waals surface area contributed by atoms with Crippen LogP contribution in [0.2, 0.25) is 0 Å². The maximum absolute atomic E-state index is 13.5. The second kappa shape index (κ2) is 43.5. The van der Waals surface area contributed by atoms with Crippen LogP contribution in [0.4, 0.5) is 30.7 Å². The molecule has 3 N–H and O–H groups in total. The van der Waals surface area contributed by atoms with E-state index in [1.807, 2.05) is 242 Å². The number of aliphatic hydroxyl groups is 2. The third kappa shape index (κ3) is 22.8. The number of halogens is 8. The van der Waals surface area contributed by atoms with E-state index in [4.69, 9.17) is 11.6 Å². The van der Waals surface area contributed by atoms with Crippen molar-refractivity contribution < 1.29 is 60.3 Å². The predicted molar refractivity (Wildman–Crippen MR) is 512 cm³/mol. The van der Waals surface area contributed by atoms with Crippen molar-refractivity contribution in [3.05, 3.63) is 484 Å². The number of hydrogen-bond donors (Lipinski definition) is 3. The molecule has 7 heterocycles. The van der Waals surface area contributed by atoms with Gasteiger partial charge in [-0.05, 0) is 206 Å². The number of nitrogens with zero attached hydrogens (tertiary/aromatic N) is 7. The summed E-state index contributed by atoms with van der Waals surface area (Å²) in [5.74, 6) is -2.79. The molecule has 0 saturated carbocycles. The second-order valence-corrected chi connectivity index (χ2v) is 31.7. The maximum atomic E-state index is 13.5. The molecule has 0 radical (unpaired) electrons. The minimum Gasteiger partial charge on any atom is -0.395 e. The largest absolute Gasteiger partial charge is 0.395 e. The topological polar surface area (TPSA) is 180 Å². The second-order valence-electron chi connectivity index (χ2n) is 31.4. The Morgan fingerprint density at radius 3 is 1.23 bits per heavy atom. The van der Waals surface area contributed by atoms with Crippen LogP contribution in [0.25, 0.3) is 81.9 Å². The van der Waals surface area contributed by atoms with Gasteiger partial charge < -0.3 is 47.4 Å². The molecule has 20 rings (SSSR count). The highest BCUT2D eigenvalue weighted by Gasteiger charge is 2.31. The highest BCUT2D eigenvalue weighted by Crippen LogP contribution is 2.38.